The molecule has 12 heteroatoms. The lowest BCUT2D eigenvalue weighted by atomic mass is 9.69. The highest BCUT2D eigenvalue weighted by Crippen LogP contribution is 2.57. The van der Waals surface area contributed by atoms with Crippen LogP contribution in [0.3, 0.4) is 0 Å². The predicted molar refractivity (Wildman–Crippen MR) is 299 cm³/mol. The summed E-state index contributed by atoms with van der Waals surface area (Å²) in [5, 5.41) is 0. The van der Waals surface area contributed by atoms with Crippen molar-refractivity contribution in [2.75, 3.05) is 14.2 Å². The van der Waals surface area contributed by atoms with Crippen LogP contribution in [0.25, 0.3) is 0 Å². The van der Waals surface area contributed by atoms with E-state index in [9.17, 15) is 19.2 Å². The number of rotatable bonds is 8. The number of Topliss-reactive ketones (excluding diaryl/α,β-unsaturated/α-hetero) is 2. The molecule has 0 amide bonds. The summed E-state index contributed by atoms with van der Waals surface area (Å²) in [6.45, 7) is 28.3. The zero-order chi connectivity index (χ0) is 56.7. The van der Waals surface area contributed by atoms with Gasteiger partial charge in [0, 0.05) is 80.7 Å². The van der Waals surface area contributed by atoms with Crippen molar-refractivity contribution < 1.29 is 57.1 Å². The number of fused-ring (bicyclic) bond motifs is 4. The van der Waals surface area contributed by atoms with Crippen molar-refractivity contribution in [3.8, 4) is 46.0 Å². The molecule has 12 nitrogen and oxygen atoms in total. The topological polar surface area (TPSA) is 142 Å². The van der Waals surface area contributed by atoms with E-state index in [1.165, 1.54) is 13.8 Å². The van der Waals surface area contributed by atoms with Crippen molar-refractivity contribution >= 4 is 23.5 Å². The molecule has 4 aliphatic heterocycles. The highest BCUT2D eigenvalue weighted by atomic mass is 16.7. The number of carbonyl (C=O) groups excluding carboxylic acids is 4. The number of benzene rings is 6. The van der Waals surface area contributed by atoms with Crippen molar-refractivity contribution in [2.45, 2.75) is 156 Å². The van der Waals surface area contributed by atoms with Gasteiger partial charge in [0.15, 0.2) is 11.6 Å². The molecule has 0 saturated heterocycles. The molecule has 2 spiro atoms. The lowest BCUT2D eigenvalue weighted by Gasteiger charge is -2.51. The van der Waals surface area contributed by atoms with Gasteiger partial charge in [-0.2, -0.15) is 0 Å². The lowest BCUT2D eigenvalue weighted by molar-refractivity contribution is -0.167. The van der Waals surface area contributed by atoms with E-state index in [1.54, 1.807) is 62.8 Å². The average molecular weight is 1060 g/mol. The number of ether oxygens (including phenoxy) is 8. The van der Waals surface area contributed by atoms with Gasteiger partial charge in [0.25, 0.3) is 11.6 Å². The second-order valence-corrected chi connectivity index (χ2v) is 24.4. The normalized spacial score (nSPS) is 20.2. The fraction of sp³-hybridized carbons (Fsp3) is 0.394. The Kier molecular flexibility index (Phi) is 13.9. The zero-order valence-electron chi connectivity index (χ0n) is 48.0. The van der Waals surface area contributed by atoms with Crippen molar-refractivity contribution in [3.05, 3.63) is 164 Å². The van der Waals surface area contributed by atoms with E-state index >= 15 is 0 Å². The molecule has 6 aromatic rings. The summed E-state index contributed by atoms with van der Waals surface area (Å²) in [6.07, 6.45) is 2.60. The maximum Gasteiger partial charge on any atom is 0.343 e. The van der Waals surface area contributed by atoms with Gasteiger partial charge in [-0.25, -0.2) is 9.59 Å². The summed E-state index contributed by atoms with van der Waals surface area (Å²) in [5.74, 6) is 2.95. The molecule has 10 rings (SSSR count). The Morgan fingerprint density at radius 2 is 0.679 bits per heavy atom. The number of ketones is 2. The van der Waals surface area contributed by atoms with Gasteiger partial charge >= 0.3 is 11.9 Å². The first-order valence-corrected chi connectivity index (χ1v) is 26.6. The van der Waals surface area contributed by atoms with Crippen LogP contribution in [0.5, 0.6) is 46.0 Å². The first-order chi connectivity index (χ1) is 36.5. The average Bonchev–Trinajstić information content (AvgIpc) is 3.42. The molecule has 0 saturated carbocycles. The van der Waals surface area contributed by atoms with Crippen LogP contribution in [0.1, 0.15) is 181 Å². The Bertz CT molecular complexity index is 3430. The molecule has 2 atom stereocenters. The Morgan fingerprint density at radius 1 is 0.385 bits per heavy atom. The Morgan fingerprint density at radius 3 is 1.01 bits per heavy atom. The molecular formula is C66H72O12. The van der Waals surface area contributed by atoms with Gasteiger partial charge < -0.3 is 37.9 Å². The van der Waals surface area contributed by atoms with E-state index in [0.717, 1.165) is 79.0 Å². The summed E-state index contributed by atoms with van der Waals surface area (Å²) in [7, 11) is 3.38. The van der Waals surface area contributed by atoms with Crippen LogP contribution in [0, 0.1) is 27.7 Å². The molecule has 2 unspecified atom stereocenters. The second kappa shape index (κ2) is 19.7. The van der Waals surface area contributed by atoms with Gasteiger partial charge in [-0.15, -0.1) is 0 Å². The van der Waals surface area contributed by atoms with Crippen LogP contribution in [0.4, 0.5) is 0 Å². The minimum Gasteiger partial charge on any atom is -0.496 e. The van der Waals surface area contributed by atoms with Crippen molar-refractivity contribution in [1.29, 1.82) is 0 Å². The lowest BCUT2D eigenvalue weighted by Crippen LogP contribution is -2.55. The fourth-order valence-electron chi connectivity index (χ4n) is 12.1. The standard InChI is InChI=1S/2C33H36O6/c1-19-13-28-24(15-26(19)36-8)31(4,5)17-33(38-28)18-32(6,7)25-16-27(20(2)14-29(25)39-33)37-30(35)23-11-9-22(10-12-23)21(3)34;1-19-12-28-24(15-26(19)36-8)31(4,5)17-33(38-28)18-32(6,7)25-16-27(20(2)13-29(25)39-33)37-30(35)23-11-9-10-22(14-23)21(3)34/h2*9-16H,17-18H2,1-8H3. The highest BCUT2D eigenvalue weighted by molar-refractivity contribution is 5.98. The van der Waals surface area contributed by atoms with E-state index in [-0.39, 0.29) is 33.2 Å². The van der Waals surface area contributed by atoms with Crippen molar-refractivity contribution in [3.63, 3.8) is 0 Å². The van der Waals surface area contributed by atoms with Gasteiger partial charge in [-0.05, 0) is 137 Å². The van der Waals surface area contributed by atoms with E-state index in [2.05, 4.69) is 67.5 Å². The minimum absolute atomic E-state index is 0.0517. The molecule has 4 aliphatic rings. The highest BCUT2D eigenvalue weighted by Gasteiger charge is 2.55. The van der Waals surface area contributed by atoms with Crippen LogP contribution in [-0.4, -0.2) is 49.3 Å². The van der Waals surface area contributed by atoms with Gasteiger partial charge in [-0.1, -0.05) is 79.7 Å². The molecule has 0 bridgehead atoms. The van der Waals surface area contributed by atoms with Crippen molar-refractivity contribution in [2.24, 2.45) is 0 Å². The smallest absolute Gasteiger partial charge is 0.343 e. The largest absolute Gasteiger partial charge is 0.496 e. The van der Waals surface area contributed by atoms with E-state index in [4.69, 9.17) is 37.9 Å². The molecule has 0 N–H and O–H groups in total. The minimum atomic E-state index is -0.841. The number of esters is 2. The third-order valence-electron chi connectivity index (χ3n) is 15.9. The SMILES string of the molecule is COc1cc2c(cc1C)OC1(CC2(C)C)CC(C)(C)c2cc(OC(=O)c3ccc(C(C)=O)cc3)c(C)cc2O1.COc1cc2c(cc1C)OC1(CC2(C)C)CC(C)(C)c2cc(OC(=O)c3cccc(C(C)=O)c3)c(C)cc2O1. The molecule has 408 valence electrons. The summed E-state index contributed by atoms with van der Waals surface area (Å²) in [6, 6.07) is 29.0. The first kappa shape index (κ1) is 55.2. The summed E-state index contributed by atoms with van der Waals surface area (Å²) >= 11 is 0. The van der Waals surface area contributed by atoms with Gasteiger partial charge in [-0.3, -0.25) is 9.59 Å². The molecule has 0 aromatic heterocycles. The van der Waals surface area contributed by atoms with Crippen LogP contribution in [0.2, 0.25) is 0 Å². The molecular weight excluding hydrogens is 985 g/mol. The summed E-state index contributed by atoms with van der Waals surface area (Å²) < 4.78 is 49.6. The Hall–Kier alpha value is -7.60. The zero-order valence-corrected chi connectivity index (χ0v) is 48.0. The molecule has 0 fully saturated rings. The summed E-state index contributed by atoms with van der Waals surface area (Å²) in [5.41, 5.74) is 8.39. The third kappa shape index (κ3) is 10.5. The Labute approximate surface area is 458 Å². The quantitative estimate of drug-likeness (QED) is 0.0813. The maximum absolute atomic E-state index is 13.0. The summed E-state index contributed by atoms with van der Waals surface area (Å²) in [4.78, 5) is 49.2. The number of hydrogen-bond acceptors (Lipinski definition) is 12. The number of hydrogen-bond donors (Lipinski definition) is 0. The third-order valence-corrected chi connectivity index (χ3v) is 15.9. The van der Waals surface area contributed by atoms with Crippen LogP contribution in [0.15, 0.2) is 97.1 Å². The maximum atomic E-state index is 13.0. The monoisotopic (exact) mass is 1060 g/mol. The molecule has 78 heavy (non-hydrogen) atoms. The molecule has 0 aliphatic carbocycles. The van der Waals surface area contributed by atoms with Gasteiger partial charge in [0.1, 0.15) is 46.0 Å². The second-order valence-electron chi connectivity index (χ2n) is 24.4. The molecule has 0 radical (unpaired) electrons. The van der Waals surface area contributed by atoms with E-state index < -0.39 is 23.5 Å². The van der Waals surface area contributed by atoms with Crippen LogP contribution >= 0.6 is 0 Å². The number of carbonyl (C=O) groups is 4. The fourth-order valence-corrected chi connectivity index (χ4v) is 12.1. The Balaban J connectivity index is 0.000000190. The molecule has 6 aromatic carbocycles. The van der Waals surface area contributed by atoms with E-state index in [1.807, 2.05) is 64.1 Å². The van der Waals surface area contributed by atoms with Gasteiger partial charge in [0.2, 0.25) is 0 Å². The predicted octanol–water partition coefficient (Wildman–Crippen LogP) is 14.5. The van der Waals surface area contributed by atoms with Crippen LogP contribution in [-0.2, 0) is 21.7 Å². The van der Waals surface area contributed by atoms with Crippen molar-refractivity contribution in [1.82, 2.24) is 0 Å². The molecule has 4 heterocycles. The van der Waals surface area contributed by atoms with Gasteiger partial charge in [0.05, 0.1) is 25.3 Å². The van der Waals surface area contributed by atoms with E-state index in [0.29, 0.717) is 59.4 Å². The number of aryl methyl sites for hydroxylation is 4. The first-order valence-electron chi connectivity index (χ1n) is 26.6. The van der Waals surface area contributed by atoms with Crippen LogP contribution < -0.4 is 37.9 Å². The number of methoxy groups -OCH3 is 2.